The molecule has 2 aliphatic heterocycles. The Bertz CT molecular complexity index is 214. The summed E-state index contributed by atoms with van der Waals surface area (Å²) in [6.07, 6.45) is 2.72. The van der Waals surface area contributed by atoms with E-state index in [4.69, 9.17) is 19.8 Å². The van der Waals surface area contributed by atoms with Crippen LogP contribution in [-0.2, 0) is 9.59 Å². The van der Waals surface area contributed by atoms with E-state index in [2.05, 4.69) is 10.6 Å². The summed E-state index contributed by atoms with van der Waals surface area (Å²) in [5.74, 6) is -0.723. The third-order valence-electron chi connectivity index (χ3n) is 2.53. The zero-order valence-corrected chi connectivity index (χ0v) is 10.4. The molecule has 2 saturated heterocycles. The molecule has 0 aliphatic carbocycles. The van der Waals surface area contributed by atoms with Gasteiger partial charge in [-0.3, -0.25) is 9.59 Å². The van der Waals surface area contributed by atoms with Crippen molar-refractivity contribution in [3.8, 4) is 0 Å². The zero-order valence-electron chi connectivity index (χ0n) is 10.4. The van der Waals surface area contributed by atoms with Crippen LogP contribution in [0.2, 0.25) is 0 Å². The number of fused-ring (bicyclic) bond motifs is 1. The van der Waals surface area contributed by atoms with Gasteiger partial charge in [-0.25, -0.2) is 0 Å². The highest BCUT2D eigenvalue weighted by atomic mass is 16.4. The van der Waals surface area contributed by atoms with Crippen molar-refractivity contribution in [2.45, 2.75) is 32.7 Å². The summed E-state index contributed by atoms with van der Waals surface area (Å²) < 4.78 is 0. The van der Waals surface area contributed by atoms with Gasteiger partial charge >= 0.3 is 0 Å². The van der Waals surface area contributed by atoms with Gasteiger partial charge in [0.15, 0.2) is 0 Å². The first-order chi connectivity index (χ1) is 7.93. The van der Waals surface area contributed by atoms with Gasteiger partial charge in [0.1, 0.15) is 0 Å². The lowest BCUT2D eigenvalue weighted by Gasteiger charge is -2.25. The lowest BCUT2D eigenvalue weighted by atomic mass is 9.95. The molecule has 0 radical (unpaired) electrons. The minimum atomic E-state index is -0.833. The maximum absolute atomic E-state index is 9.00. The van der Waals surface area contributed by atoms with Crippen molar-refractivity contribution < 1.29 is 19.8 Å². The topological polar surface area (TPSA) is 98.7 Å². The smallest absolute Gasteiger partial charge is 0.300 e. The Kier molecular flexibility index (Phi) is 8.35. The third kappa shape index (κ3) is 9.77. The van der Waals surface area contributed by atoms with Gasteiger partial charge in [-0.1, -0.05) is 0 Å². The van der Waals surface area contributed by atoms with Gasteiger partial charge < -0.3 is 20.8 Å². The lowest BCUT2D eigenvalue weighted by Crippen LogP contribution is -2.41. The highest BCUT2D eigenvalue weighted by molar-refractivity contribution is 5.63. The van der Waals surface area contributed by atoms with Crippen molar-refractivity contribution in [3.63, 3.8) is 0 Å². The number of hydrogen-bond acceptors (Lipinski definition) is 4. The second-order valence-corrected chi connectivity index (χ2v) is 4.14. The molecule has 2 fully saturated rings. The van der Waals surface area contributed by atoms with Crippen LogP contribution >= 0.6 is 0 Å². The molecular formula is C11H22N2O4. The zero-order chi connectivity index (χ0) is 13.3. The molecule has 0 amide bonds. The molecule has 0 aromatic carbocycles. The van der Waals surface area contributed by atoms with Crippen LogP contribution in [0.3, 0.4) is 0 Å². The first-order valence-corrected chi connectivity index (χ1v) is 5.76. The van der Waals surface area contributed by atoms with E-state index in [9.17, 15) is 0 Å². The Morgan fingerprint density at radius 3 is 2.06 bits per heavy atom. The third-order valence-corrected chi connectivity index (χ3v) is 2.53. The second-order valence-electron chi connectivity index (χ2n) is 4.14. The Hall–Kier alpha value is -1.14. The van der Waals surface area contributed by atoms with Crippen LogP contribution in [0.5, 0.6) is 0 Å². The molecular weight excluding hydrogens is 224 g/mol. The van der Waals surface area contributed by atoms with Crippen LogP contribution in [-0.4, -0.2) is 47.8 Å². The first-order valence-electron chi connectivity index (χ1n) is 5.76. The van der Waals surface area contributed by atoms with Gasteiger partial charge in [-0.15, -0.1) is 0 Å². The standard InChI is InChI=1S/C7H14N2.2C2H4O2/c1-4-9-7-2-3-8-5-6(1)7;2*1-2(3)4/h6-9H,1-5H2;2*1H3,(H,3,4). The summed E-state index contributed by atoms with van der Waals surface area (Å²) in [5, 5.41) is 21.8. The Morgan fingerprint density at radius 2 is 1.59 bits per heavy atom. The molecule has 17 heavy (non-hydrogen) atoms. The highest BCUT2D eigenvalue weighted by Crippen LogP contribution is 2.19. The molecule has 6 nitrogen and oxygen atoms in total. The molecule has 0 spiro atoms. The van der Waals surface area contributed by atoms with Gasteiger partial charge in [0.25, 0.3) is 11.9 Å². The van der Waals surface area contributed by atoms with Crippen LogP contribution in [0, 0.1) is 5.92 Å². The minimum absolute atomic E-state index is 0.833. The van der Waals surface area contributed by atoms with Crippen LogP contribution < -0.4 is 10.6 Å². The SMILES string of the molecule is C1CC2NCCC2CN1.CC(=O)O.CC(=O)O. The van der Waals surface area contributed by atoms with Crippen molar-refractivity contribution in [2.75, 3.05) is 19.6 Å². The normalized spacial score (nSPS) is 25.5. The molecule has 6 heteroatoms. The van der Waals surface area contributed by atoms with Gasteiger partial charge in [0.2, 0.25) is 0 Å². The van der Waals surface area contributed by atoms with E-state index in [1.807, 2.05) is 0 Å². The molecule has 2 aliphatic rings. The predicted molar refractivity (Wildman–Crippen MR) is 64.0 cm³/mol. The molecule has 2 atom stereocenters. The van der Waals surface area contributed by atoms with Gasteiger partial charge in [-0.2, -0.15) is 0 Å². The van der Waals surface area contributed by atoms with Crippen LogP contribution in [0.15, 0.2) is 0 Å². The maximum Gasteiger partial charge on any atom is 0.300 e. The van der Waals surface area contributed by atoms with Crippen molar-refractivity contribution >= 4 is 11.9 Å². The fourth-order valence-corrected chi connectivity index (χ4v) is 1.95. The number of piperidine rings is 1. The molecule has 0 aromatic heterocycles. The summed E-state index contributed by atoms with van der Waals surface area (Å²) in [4.78, 5) is 18.0. The number of carbonyl (C=O) groups is 2. The predicted octanol–water partition coefficient (Wildman–Crippen LogP) is 0.140. The van der Waals surface area contributed by atoms with Crippen LogP contribution in [0.4, 0.5) is 0 Å². The average molecular weight is 246 g/mol. The molecule has 2 unspecified atom stereocenters. The summed E-state index contributed by atoms with van der Waals surface area (Å²) in [7, 11) is 0. The van der Waals surface area contributed by atoms with Crippen molar-refractivity contribution in [1.82, 2.24) is 10.6 Å². The Morgan fingerprint density at radius 1 is 1.06 bits per heavy atom. The molecule has 2 heterocycles. The van der Waals surface area contributed by atoms with Gasteiger partial charge in [-0.05, 0) is 38.4 Å². The van der Waals surface area contributed by atoms with E-state index in [0.29, 0.717) is 0 Å². The molecule has 100 valence electrons. The second kappa shape index (κ2) is 8.95. The van der Waals surface area contributed by atoms with Crippen LogP contribution in [0.1, 0.15) is 26.7 Å². The molecule has 0 aromatic rings. The molecule has 4 N–H and O–H groups in total. The molecule has 0 saturated carbocycles. The number of aliphatic carboxylic acids is 2. The fraction of sp³-hybridized carbons (Fsp3) is 0.818. The van der Waals surface area contributed by atoms with Crippen molar-refractivity contribution in [2.24, 2.45) is 5.92 Å². The number of hydrogen-bond donors (Lipinski definition) is 4. The summed E-state index contributed by atoms with van der Waals surface area (Å²) in [5.41, 5.74) is 0. The van der Waals surface area contributed by atoms with Crippen molar-refractivity contribution in [3.05, 3.63) is 0 Å². The van der Waals surface area contributed by atoms with Gasteiger partial charge in [0.05, 0.1) is 0 Å². The number of carboxylic acids is 2. The summed E-state index contributed by atoms with van der Waals surface area (Å²) in [6, 6.07) is 0.853. The lowest BCUT2D eigenvalue weighted by molar-refractivity contribution is -0.135. The summed E-state index contributed by atoms with van der Waals surface area (Å²) in [6.45, 7) is 5.88. The number of rotatable bonds is 0. The minimum Gasteiger partial charge on any atom is -0.481 e. The monoisotopic (exact) mass is 246 g/mol. The number of carboxylic acid groups (broad SMARTS) is 2. The largest absolute Gasteiger partial charge is 0.481 e. The van der Waals surface area contributed by atoms with E-state index in [1.54, 1.807) is 0 Å². The van der Waals surface area contributed by atoms with E-state index < -0.39 is 11.9 Å². The molecule has 2 rings (SSSR count). The molecule has 0 bridgehead atoms. The number of nitrogens with one attached hydrogen (secondary N) is 2. The quantitative estimate of drug-likeness (QED) is 0.485. The average Bonchev–Trinajstić information content (AvgIpc) is 2.62. The van der Waals surface area contributed by atoms with Gasteiger partial charge in [0, 0.05) is 19.9 Å². The highest BCUT2D eigenvalue weighted by Gasteiger charge is 2.28. The fourth-order valence-electron chi connectivity index (χ4n) is 1.95. The first kappa shape index (κ1) is 15.9. The van der Waals surface area contributed by atoms with E-state index in [0.717, 1.165) is 25.8 Å². The van der Waals surface area contributed by atoms with E-state index in [-0.39, 0.29) is 0 Å². The van der Waals surface area contributed by atoms with Crippen LogP contribution in [0.25, 0.3) is 0 Å². The maximum atomic E-state index is 9.00. The van der Waals surface area contributed by atoms with E-state index in [1.165, 1.54) is 32.5 Å². The Labute approximate surface area is 101 Å². The Balaban J connectivity index is 0.000000274. The van der Waals surface area contributed by atoms with Crippen molar-refractivity contribution in [1.29, 1.82) is 0 Å². The van der Waals surface area contributed by atoms with E-state index >= 15 is 0 Å². The summed E-state index contributed by atoms with van der Waals surface area (Å²) >= 11 is 0.